The number of carbonyl (C=O) groups excluding carboxylic acids is 1. The molecular formula is C12H12ClNO3. The predicted octanol–water partition coefficient (Wildman–Crippen LogP) is 1.64. The standard InChI is InChI=1S/C12H12ClNO3/c13-10-4-2-1-3-7(10)9-6-14-11(15)5-8(9)12(16)17/h1-4,8-9H,5-6H2,(H,14,15)(H,16,17). The van der Waals surface area contributed by atoms with Gasteiger partial charge in [-0.25, -0.2) is 0 Å². The topological polar surface area (TPSA) is 66.4 Å². The average Bonchev–Trinajstić information content (AvgIpc) is 2.30. The van der Waals surface area contributed by atoms with Crippen LogP contribution in [0.3, 0.4) is 0 Å². The van der Waals surface area contributed by atoms with Crippen LogP contribution in [0.4, 0.5) is 0 Å². The molecule has 0 aliphatic carbocycles. The van der Waals surface area contributed by atoms with Crippen molar-refractivity contribution in [3.63, 3.8) is 0 Å². The molecule has 1 aromatic carbocycles. The molecule has 0 radical (unpaired) electrons. The summed E-state index contributed by atoms with van der Waals surface area (Å²) in [6.45, 7) is 0.319. The third-order valence-electron chi connectivity index (χ3n) is 3.03. The van der Waals surface area contributed by atoms with Crippen molar-refractivity contribution in [1.82, 2.24) is 5.32 Å². The van der Waals surface area contributed by atoms with E-state index < -0.39 is 11.9 Å². The summed E-state index contributed by atoms with van der Waals surface area (Å²) in [5.74, 6) is -2.15. The monoisotopic (exact) mass is 253 g/mol. The molecule has 1 saturated heterocycles. The number of amides is 1. The van der Waals surface area contributed by atoms with E-state index in [0.717, 1.165) is 5.56 Å². The van der Waals surface area contributed by atoms with Crippen molar-refractivity contribution in [2.75, 3.05) is 6.54 Å². The number of halogens is 1. The van der Waals surface area contributed by atoms with Crippen molar-refractivity contribution in [3.05, 3.63) is 34.9 Å². The van der Waals surface area contributed by atoms with E-state index in [1.54, 1.807) is 18.2 Å². The van der Waals surface area contributed by atoms with Gasteiger partial charge in [-0.15, -0.1) is 0 Å². The largest absolute Gasteiger partial charge is 0.481 e. The average molecular weight is 254 g/mol. The van der Waals surface area contributed by atoms with Crippen LogP contribution < -0.4 is 5.32 Å². The van der Waals surface area contributed by atoms with Gasteiger partial charge in [0, 0.05) is 23.9 Å². The fourth-order valence-corrected chi connectivity index (χ4v) is 2.42. The lowest BCUT2D eigenvalue weighted by atomic mass is 9.81. The molecule has 5 heteroatoms. The fraction of sp³-hybridized carbons (Fsp3) is 0.333. The molecule has 1 aliphatic heterocycles. The van der Waals surface area contributed by atoms with Gasteiger partial charge in [0.05, 0.1) is 5.92 Å². The number of piperidine rings is 1. The maximum absolute atomic E-state index is 11.2. The van der Waals surface area contributed by atoms with Crippen LogP contribution in [0.25, 0.3) is 0 Å². The zero-order valence-electron chi connectivity index (χ0n) is 9.02. The summed E-state index contributed by atoms with van der Waals surface area (Å²) >= 11 is 6.06. The van der Waals surface area contributed by atoms with Gasteiger partial charge in [0.2, 0.25) is 5.91 Å². The van der Waals surface area contributed by atoms with Gasteiger partial charge in [0.25, 0.3) is 0 Å². The van der Waals surface area contributed by atoms with Crippen LogP contribution in [-0.4, -0.2) is 23.5 Å². The minimum atomic E-state index is -0.954. The van der Waals surface area contributed by atoms with Crippen molar-refractivity contribution in [1.29, 1.82) is 0 Å². The maximum atomic E-state index is 11.2. The Morgan fingerprint density at radius 2 is 2.12 bits per heavy atom. The Kier molecular flexibility index (Phi) is 3.33. The zero-order valence-corrected chi connectivity index (χ0v) is 9.78. The van der Waals surface area contributed by atoms with Crippen molar-refractivity contribution < 1.29 is 14.7 Å². The minimum absolute atomic E-state index is 0.00518. The van der Waals surface area contributed by atoms with E-state index in [9.17, 15) is 9.59 Å². The number of carbonyl (C=O) groups is 2. The van der Waals surface area contributed by atoms with Crippen LogP contribution in [0.15, 0.2) is 24.3 Å². The van der Waals surface area contributed by atoms with E-state index in [-0.39, 0.29) is 18.2 Å². The lowest BCUT2D eigenvalue weighted by molar-refractivity contribution is -0.146. The van der Waals surface area contributed by atoms with Crippen LogP contribution in [-0.2, 0) is 9.59 Å². The van der Waals surface area contributed by atoms with Crippen LogP contribution in [0.2, 0.25) is 5.02 Å². The molecule has 4 nitrogen and oxygen atoms in total. The van der Waals surface area contributed by atoms with Crippen molar-refractivity contribution >= 4 is 23.5 Å². The van der Waals surface area contributed by atoms with Gasteiger partial charge in [0.15, 0.2) is 0 Å². The SMILES string of the molecule is O=C1CC(C(=O)O)C(c2ccccc2Cl)CN1. The quantitative estimate of drug-likeness (QED) is 0.842. The van der Waals surface area contributed by atoms with Gasteiger partial charge < -0.3 is 10.4 Å². The fourth-order valence-electron chi connectivity index (χ4n) is 2.14. The first-order valence-corrected chi connectivity index (χ1v) is 5.71. The smallest absolute Gasteiger partial charge is 0.307 e. The first kappa shape index (κ1) is 11.9. The van der Waals surface area contributed by atoms with Gasteiger partial charge >= 0.3 is 5.97 Å². The van der Waals surface area contributed by atoms with Gasteiger partial charge in [-0.2, -0.15) is 0 Å². The molecule has 0 saturated carbocycles. The molecule has 17 heavy (non-hydrogen) atoms. The molecule has 1 fully saturated rings. The summed E-state index contributed by atoms with van der Waals surface area (Å²) in [5, 5.41) is 12.4. The van der Waals surface area contributed by atoms with Crippen molar-refractivity contribution in [2.45, 2.75) is 12.3 Å². The third kappa shape index (κ3) is 2.42. The number of carboxylic acids is 1. The van der Waals surface area contributed by atoms with E-state index in [4.69, 9.17) is 16.7 Å². The molecule has 90 valence electrons. The van der Waals surface area contributed by atoms with Crippen LogP contribution in [0.1, 0.15) is 17.9 Å². The Labute approximate surface area is 104 Å². The number of aliphatic carboxylic acids is 1. The first-order valence-electron chi connectivity index (χ1n) is 5.33. The Balaban J connectivity index is 2.33. The Bertz CT molecular complexity index is 461. The van der Waals surface area contributed by atoms with Gasteiger partial charge in [-0.3, -0.25) is 9.59 Å². The molecule has 0 aromatic heterocycles. The molecule has 0 bridgehead atoms. The van der Waals surface area contributed by atoms with Crippen molar-refractivity contribution in [3.8, 4) is 0 Å². The minimum Gasteiger partial charge on any atom is -0.481 e. The molecule has 2 N–H and O–H groups in total. The summed E-state index contributed by atoms with van der Waals surface area (Å²) in [7, 11) is 0. The second kappa shape index (κ2) is 4.75. The Morgan fingerprint density at radius 3 is 2.76 bits per heavy atom. The third-order valence-corrected chi connectivity index (χ3v) is 3.38. The number of carboxylic acid groups (broad SMARTS) is 1. The van der Waals surface area contributed by atoms with Crippen LogP contribution >= 0.6 is 11.6 Å². The lowest BCUT2D eigenvalue weighted by Crippen LogP contribution is -2.42. The first-order chi connectivity index (χ1) is 8.09. The highest BCUT2D eigenvalue weighted by Gasteiger charge is 2.36. The van der Waals surface area contributed by atoms with Gasteiger partial charge in [-0.05, 0) is 11.6 Å². The summed E-state index contributed by atoms with van der Waals surface area (Å²) in [5.41, 5.74) is 0.779. The second-order valence-corrected chi connectivity index (χ2v) is 4.49. The summed E-state index contributed by atoms with van der Waals surface area (Å²) < 4.78 is 0. The summed E-state index contributed by atoms with van der Waals surface area (Å²) in [4.78, 5) is 22.4. The molecule has 0 spiro atoms. The lowest BCUT2D eigenvalue weighted by Gasteiger charge is -2.29. The number of nitrogens with one attached hydrogen (secondary N) is 1. The normalized spacial score (nSPS) is 24.2. The number of hydrogen-bond donors (Lipinski definition) is 2. The molecule has 1 aromatic rings. The van der Waals surface area contributed by atoms with E-state index in [1.165, 1.54) is 0 Å². The van der Waals surface area contributed by atoms with E-state index in [1.807, 2.05) is 6.07 Å². The molecule has 2 atom stereocenters. The summed E-state index contributed by atoms with van der Waals surface area (Å²) in [6.07, 6.45) is 0.00518. The van der Waals surface area contributed by atoms with Crippen LogP contribution in [0.5, 0.6) is 0 Å². The van der Waals surface area contributed by atoms with Gasteiger partial charge in [0.1, 0.15) is 0 Å². The maximum Gasteiger partial charge on any atom is 0.307 e. The molecule has 1 aliphatic rings. The highest BCUT2D eigenvalue weighted by atomic mass is 35.5. The zero-order chi connectivity index (χ0) is 12.4. The molecule has 1 heterocycles. The number of rotatable bonds is 2. The second-order valence-electron chi connectivity index (χ2n) is 4.08. The highest BCUT2D eigenvalue weighted by Crippen LogP contribution is 2.33. The number of benzene rings is 1. The van der Waals surface area contributed by atoms with E-state index in [2.05, 4.69) is 5.32 Å². The van der Waals surface area contributed by atoms with Crippen LogP contribution in [0, 0.1) is 5.92 Å². The molecule has 2 rings (SSSR count). The van der Waals surface area contributed by atoms with Crippen molar-refractivity contribution in [2.24, 2.45) is 5.92 Å². The molecular weight excluding hydrogens is 242 g/mol. The Morgan fingerprint density at radius 1 is 1.41 bits per heavy atom. The number of hydrogen-bond acceptors (Lipinski definition) is 2. The summed E-state index contributed by atoms with van der Waals surface area (Å²) in [6, 6.07) is 7.15. The van der Waals surface area contributed by atoms with Gasteiger partial charge in [-0.1, -0.05) is 29.8 Å². The van der Waals surface area contributed by atoms with E-state index in [0.29, 0.717) is 11.6 Å². The highest BCUT2D eigenvalue weighted by molar-refractivity contribution is 6.31. The molecule has 1 amide bonds. The Hall–Kier alpha value is -1.55. The van der Waals surface area contributed by atoms with E-state index >= 15 is 0 Å². The molecule has 2 unspecified atom stereocenters. The predicted molar refractivity (Wildman–Crippen MR) is 62.9 cm³/mol.